The molecular formula is C25H32N4O3. The fraction of sp³-hybridized carbons (Fsp3) is 0.440. The first-order valence-electron chi connectivity index (χ1n) is 11.4. The number of amides is 2. The molecule has 32 heavy (non-hydrogen) atoms. The molecule has 0 saturated carbocycles. The molecule has 2 amide bonds. The molecular weight excluding hydrogens is 404 g/mol. The van der Waals surface area contributed by atoms with Gasteiger partial charge in [-0.1, -0.05) is 24.3 Å². The van der Waals surface area contributed by atoms with Gasteiger partial charge >= 0.3 is 0 Å². The number of rotatable bonds is 7. The topological polar surface area (TPSA) is 73.9 Å². The summed E-state index contributed by atoms with van der Waals surface area (Å²) < 4.78 is 5.69. The van der Waals surface area contributed by atoms with Crippen LogP contribution in [0, 0.1) is 13.8 Å². The minimum atomic E-state index is -0.789. The maximum Gasteiger partial charge on any atom is 0.266 e. The third-order valence-corrected chi connectivity index (χ3v) is 6.13. The number of nitrogens with zero attached hydrogens (tertiary/aromatic N) is 2. The normalized spacial score (nSPS) is 18.5. The number of anilines is 2. The highest BCUT2D eigenvalue weighted by Crippen LogP contribution is 2.29. The van der Waals surface area contributed by atoms with E-state index in [4.69, 9.17) is 4.74 Å². The Kier molecular flexibility index (Phi) is 6.95. The van der Waals surface area contributed by atoms with Gasteiger partial charge < -0.3 is 20.3 Å². The maximum absolute atomic E-state index is 12.3. The average molecular weight is 437 g/mol. The summed E-state index contributed by atoms with van der Waals surface area (Å²) >= 11 is 0. The summed E-state index contributed by atoms with van der Waals surface area (Å²) in [6, 6.07) is 13.9. The van der Waals surface area contributed by atoms with Gasteiger partial charge in [-0.25, -0.2) is 0 Å². The van der Waals surface area contributed by atoms with Crippen LogP contribution in [0.1, 0.15) is 24.0 Å². The van der Waals surface area contributed by atoms with Gasteiger partial charge in [-0.2, -0.15) is 0 Å². The zero-order valence-electron chi connectivity index (χ0n) is 18.9. The van der Waals surface area contributed by atoms with Crippen molar-refractivity contribution >= 4 is 23.2 Å². The first-order chi connectivity index (χ1) is 15.5. The van der Waals surface area contributed by atoms with Gasteiger partial charge in [-0.05, 0) is 56.1 Å². The van der Waals surface area contributed by atoms with Gasteiger partial charge in [0.2, 0.25) is 5.91 Å². The highest BCUT2D eigenvalue weighted by molar-refractivity contribution is 5.99. The lowest BCUT2D eigenvalue weighted by atomic mass is 10.1. The van der Waals surface area contributed by atoms with E-state index >= 15 is 0 Å². The van der Waals surface area contributed by atoms with Crippen molar-refractivity contribution in [2.75, 3.05) is 49.5 Å². The number of ether oxygens (including phenoxy) is 1. The lowest BCUT2D eigenvalue weighted by Gasteiger charge is -2.37. The monoisotopic (exact) mass is 436 g/mol. The van der Waals surface area contributed by atoms with E-state index in [9.17, 15) is 9.59 Å². The van der Waals surface area contributed by atoms with Crippen molar-refractivity contribution < 1.29 is 14.3 Å². The smallest absolute Gasteiger partial charge is 0.266 e. The zero-order valence-corrected chi connectivity index (χ0v) is 18.9. The van der Waals surface area contributed by atoms with E-state index in [0.29, 0.717) is 18.0 Å². The van der Waals surface area contributed by atoms with Gasteiger partial charge in [-0.15, -0.1) is 0 Å². The number of benzene rings is 2. The van der Waals surface area contributed by atoms with Gasteiger partial charge in [0, 0.05) is 38.4 Å². The van der Waals surface area contributed by atoms with Crippen molar-refractivity contribution in [1.29, 1.82) is 0 Å². The van der Waals surface area contributed by atoms with E-state index in [0.717, 1.165) is 39.1 Å². The van der Waals surface area contributed by atoms with Gasteiger partial charge in [0.05, 0.1) is 12.1 Å². The maximum atomic E-state index is 12.3. The second kappa shape index (κ2) is 10.0. The van der Waals surface area contributed by atoms with Crippen molar-refractivity contribution in [2.45, 2.75) is 32.8 Å². The molecule has 1 saturated heterocycles. The second-order valence-corrected chi connectivity index (χ2v) is 8.62. The lowest BCUT2D eigenvalue weighted by Crippen LogP contribution is -2.47. The Bertz CT molecular complexity index is 969. The molecule has 2 aliphatic heterocycles. The molecule has 4 rings (SSSR count). The van der Waals surface area contributed by atoms with Crippen molar-refractivity contribution in [3.63, 3.8) is 0 Å². The van der Waals surface area contributed by atoms with Crippen molar-refractivity contribution in [1.82, 2.24) is 10.2 Å². The Morgan fingerprint density at radius 1 is 1.12 bits per heavy atom. The first kappa shape index (κ1) is 22.1. The highest BCUT2D eigenvalue weighted by atomic mass is 16.5. The average Bonchev–Trinajstić information content (AvgIpc) is 2.79. The molecule has 0 aromatic heterocycles. The van der Waals surface area contributed by atoms with Gasteiger partial charge in [0.25, 0.3) is 5.91 Å². The number of fused-ring (bicyclic) bond motifs is 1. The summed E-state index contributed by atoms with van der Waals surface area (Å²) in [5, 5.41) is 5.72. The molecule has 170 valence electrons. The van der Waals surface area contributed by atoms with Crippen LogP contribution in [0.15, 0.2) is 42.5 Å². The predicted molar refractivity (Wildman–Crippen MR) is 126 cm³/mol. The number of carbonyl (C=O) groups excluding carboxylic acids is 2. The van der Waals surface area contributed by atoms with Crippen molar-refractivity contribution in [3.05, 3.63) is 53.6 Å². The second-order valence-electron chi connectivity index (χ2n) is 8.62. The summed E-state index contributed by atoms with van der Waals surface area (Å²) in [5.41, 5.74) is 4.61. The number of nitrogens with one attached hydrogen (secondary N) is 2. The van der Waals surface area contributed by atoms with Crippen LogP contribution in [0.5, 0.6) is 5.75 Å². The fourth-order valence-electron chi connectivity index (χ4n) is 4.27. The van der Waals surface area contributed by atoms with E-state index in [-0.39, 0.29) is 18.2 Å². The molecule has 7 nitrogen and oxygen atoms in total. The third kappa shape index (κ3) is 5.40. The van der Waals surface area contributed by atoms with Crippen LogP contribution in [0.25, 0.3) is 0 Å². The molecule has 0 unspecified atom stereocenters. The molecule has 7 heteroatoms. The van der Waals surface area contributed by atoms with Gasteiger partial charge in [-0.3, -0.25) is 14.5 Å². The molecule has 2 aromatic carbocycles. The third-order valence-electron chi connectivity index (χ3n) is 6.13. The van der Waals surface area contributed by atoms with Crippen LogP contribution >= 0.6 is 0 Å². The highest BCUT2D eigenvalue weighted by Gasteiger charge is 2.29. The summed E-state index contributed by atoms with van der Waals surface area (Å²) in [6.45, 7) is 9.95. The van der Waals surface area contributed by atoms with Gasteiger partial charge in [0.1, 0.15) is 5.75 Å². The number of hydrogen-bond donors (Lipinski definition) is 2. The van der Waals surface area contributed by atoms with Crippen LogP contribution < -0.4 is 20.3 Å². The predicted octanol–water partition coefficient (Wildman–Crippen LogP) is 2.72. The quantitative estimate of drug-likeness (QED) is 0.653. The standard InChI is InChI=1S/C25H32N4O3/c1-18-8-9-19(2)21(16-18)29-14-12-28(13-15-29)11-5-10-26-24(30)17-23-25(31)27-20-6-3-4-7-22(20)32-23/h3-4,6-9,16,23H,5,10-15,17H2,1-2H3,(H,26,30)(H,27,31)/t23-/m0/s1. The number of para-hydroxylation sites is 2. The summed E-state index contributed by atoms with van der Waals surface area (Å²) in [5.74, 6) is 0.162. The molecule has 1 fully saturated rings. The van der Waals surface area contributed by atoms with E-state index in [2.05, 4.69) is 52.5 Å². The first-order valence-corrected chi connectivity index (χ1v) is 11.4. The Morgan fingerprint density at radius 2 is 1.91 bits per heavy atom. The van der Waals surface area contributed by atoms with E-state index in [1.165, 1.54) is 16.8 Å². The SMILES string of the molecule is Cc1ccc(C)c(N2CCN(CCCNC(=O)C[C@@H]3Oc4ccccc4NC3=O)CC2)c1. The molecule has 0 bridgehead atoms. The van der Waals surface area contributed by atoms with Crippen LogP contribution in [0.2, 0.25) is 0 Å². The molecule has 0 radical (unpaired) electrons. The number of carbonyl (C=O) groups is 2. The van der Waals surface area contributed by atoms with Crippen molar-refractivity contribution in [2.24, 2.45) is 0 Å². The lowest BCUT2D eigenvalue weighted by molar-refractivity contribution is -0.130. The van der Waals surface area contributed by atoms with Crippen LogP contribution in [0.3, 0.4) is 0 Å². The summed E-state index contributed by atoms with van der Waals surface area (Å²) in [4.78, 5) is 29.4. The molecule has 2 aromatic rings. The summed E-state index contributed by atoms with van der Waals surface area (Å²) in [7, 11) is 0. The minimum Gasteiger partial charge on any atom is -0.478 e. The fourth-order valence-corrected chi connectivity index (χ4v) is 4.27. The largest absolute Gasteiger partial charge is 0.478 e. The van der Waals surface area contributed by atoms with Gasteiger partial charge in [0.15, 0.2) is 6.10 Å². The Balaban J connectivity index is 1.14. The number of hydrogen-bond acceptors (Lipinski definition) is 5. The number of piperazine rings is 1. The van der Waals surface area contributed by atoms with E-state index < -0.39 is 6.10 Å². The van der Waals surface area contributed by atoms with Crippen LogP contribution in [-0.2, 0) is 9.59 Å². The molecule has 0 aliphatic carbocycles. The molecule has 0 spiro atoms. The molecule has 2 N–H and O–H groups in total. The van der Waals surface area contributed by atoms with E-state index in [1.807, 2.05) is 12.1 Å². The molecule has 2 aliphatic rings. The molecule has 2 heterocycles. The summed E-state index contributed by atoms with van der Waals surface area (Å²) in [6.07, 6.45) is 0.118. The Labute approximate surface area is 189 Å². The Hall–Kier alpha value is -3.06. The van der Waals surface area contributed by atoms with E-state index in [1.54, 1.807) is 12.1 Å². The van der Waals surface area contributed by atoms with Crippen LogP contribution in [0.4, 0.5) is 11.4 Å². The zero-order chi connectivity index (χ0) is 22.5. The van der Waals surface area contributed by atoms with Crippen LogP contribution in [-0.4, -0.2) is 62.1 Å². The van der Waals surface area contributed by atoms with Crippen molar-refractivity contribution in [3.8, 4) is 5.75 Å². The Morgan fingerprint density at radius 3 is 2.72 bits per heavy atom. The number of aryl methyl sites for hydroxylation is 2. The molecule has 1 atom stereocenters. The minimum absolute atomic E-state index is 0.0225.